The molecule has 0 radical (unpaired) electrons. The molecule has 0 aromatic heterocycles. The van der Waals surface area contributed by atoms with Gasteiger partial charge in [-0.2, -0.15) is 13.2 Å². The quantitative estimate of drug-likeness (QED) is 0.683. The van der Waals surface area contributed by atoms with Gasteiger partial charge in [-0.05, 0) is 35.9 Å². The van der Waals surface area contributed by atoms with Crippen molar-refractivity contribution in [2.45, 2.75) is 12.8 Å². The van der Waals surface area contributed by atoms with E-state index in [0.29, 0.717) is 17.7 Å². The zero-order chi connectivity index (χ0) is 15.6. The highest BCUT2D eigenvalue weighted by atomic mass is 19.4. The number of hydrogen-bond donors (Lipinski definition) is 1. The summed E-state index contributed by atoms with van der Waals surface area (Å²) in [7, 11) is 0. The highest BCUT2D eigenvalue weighted by Gasteiger charge is 2.34. The molecule has 0 saturated heterocycles. The summed E-state index contributed by atoms with van der Waals surface area (Å²) < 4.78 is 69.0. The summed E-state index contributed by atoms with van der Waals surface area (Å²) in [4.78, 5) is 0. The number of rotatable bonds is 3. The zero-order valence-corrected chi connectivity index (χ0v) is 10.5. The van der Waals surface area contributed by atoms with E-state index < -0.39 is 23.4 Å². The van der Waals surface area contributed by atoms with E-state index in [9.17, 15) is 22.0 Å². The van der Waals surface area contributed by atoms with E-state index in [1.165, 1.54) is 12.1 Å². The molecule has 0 aliphatic rings. The standard InChI is InChI=1S/C14H10F5NO/c15-11-3-2-9(6-10(11)14(17,18)19)21-7-8-1-4-13(20)12(16)5-8/h1-6H,7,20H2. The zero-order valence-electron chi connectivity index (χ0n) is 10.5. The van der Waals surface area contributed by atoms with Gasteiger partial charge in [-0.25, -0.2) is 8.78 Å². The lowest BCUT2D eigenvalue weighted by Gasteiger charge is -2.11. The Balaban J connectivity index is 2.15. The predicted octanol–water partition coefficient (Wildman–Crippen LogP) is 4.14. The van der Waals surface area contributed by atoms with Crippen LogP contribution in [0.25, 0.3) is 0 Å². The second kappa shape index (κ2) is 5.59. The summed E-state index contributed by atoms with van der Waals surface area (Å²) in [6.45, 7) is -0.167. The number of halogens is 5. The molecule has 0 bridgehead atoms. The van der Waals surface area contributed by atoms with Crippen LogP contribution < -0.4 is 10.5 Å². The first-order valence-electron chi connectivity index (χ1n) is 5.81. The third-order valence-corrected chi connectivity index (χ3v) is 2.71. The van der Waals surface area contributed by atoms with Crippen LogP contribution in [0.5, 0.6) is 5.75 Å². The topological polar surface area (TPSA) is 35.2 Å². The monoisotopic (exact) mass is 303 g/mol. The Bertz CT molecular complexity index is 654. The van der Waals surface area contributed by atoms with Gasteiger partial charge in [-0.15, -0.1) is 0 Å². The maximum Gasteiger partial charge on any atom is 0.419 e. The minimum atomic E-state index is -4.81. The van der Waals surface area contributed by atoms with Crippen molar-refractivity contribution in [1.29, 1.82) is 0 Å². The van der Waals surface area contributed by atoms with Gasteiger partial charge in [-0.1, -0.05) is 6.07 Å². The van der Waals surface area contributed by atoms with Crippen molar-refractivity contribution in [3.63, 3.8) is 0 Å². The minimum absolute atomic E-state index is 0.0418. The van der Waals surface area contributed by atoms with Gasteiger partial charge >= 0.3 is 6.18 Å². The van der Waals surface area contributed by atoms with Gasteiger partial charge in [0.2, 0.25) is 0 Å². The second-order valence-electron chi connectivity index (χ2n) is 4.28. The number of nitrogens with two attached hydrogens (primary N) is 1. The Morgan fingerprint density at radius 3 is 2.29 bits per heavy atom. The molecule has 0 spiro atoms. The Hall–Kier alpha value is -2.31. The van der Waals surface area contributed by atoms with Crippen LogP contribution in [0.3, 0.4) is 0 Å². The minimum Gasteiger partial charge on any atom is -0.489 e. The highest BCUT2D eigenvalue weighted by Crippen LogP contribution is 2.33. The number of ether oxygens (including phenoxy) is 1. The van der Waals surface area contributed by atoms with Crippen molar-refractivity contribution >= 4 is 5.69 Å². The second-order valence-corrected chi connectivity index (χ2v) is 4.28. The maximum absolute atomic E-state index is 13.2. The summed E-state index contributed by atoms with van der Waals surface area (Å²) in [6, 6.07) is 6.21. The van der Waals surface area contributed by atoms with Gasteiger partial charge in [0.05, 0.1) is 11.3 Å². The molecule has 0 fully saturated rings. The highest BCUT2D eigenvalue weighted by molar-refractivity contribution is 5.41. The van der Waals surface area contributed by atoms with Gasteiger partial charge < -0.3 is 10.5 Å². The van der Waals surface area contributed by atoms with E-state index >= 15 is 0 Å². The van der Waals surface area contributed by atoms with Crippen LogP contribution in [-0.2, 0) is 12.8 Å². The van der Waals surface area contributed by atoms with Crippen LogP contribution in [0.4, 0.5) is 27.6 Å². The maximum atomic E-state index is 13.2. The molecule has 21 heavy (non-hydrogen) atoms. The van der Waals surface area contributed by atoms with Crippen LogP contribution in [-0.4, -0.2) is 0 Å². The molecule has 0 aliphatic carbocycles. The Morgan fingerprint density at radius 2 is 1.67 bits per heavy atom. The molecule has 0 saturated carbocycles. The number of hydrogen-bond acceptors (Lipinski definition) is 2. The normalized spacial score (nSPS) is 11.5. The molecule has 0 amide bonds. The third kappa shape index (κ3) is 3.62. The van der Waals surface area contributed by atoms with Crippen LogP contribution in [0, 0.1) is 11.6 Å². The summed E-state index contributed by atoms with van der Waals surface area (Å²) in [6.07, 6.45) is -4.81. The van der Waals surface area contributed by atoms with Crippen LogP contribution in [0.15, 0.2) is 36.4 Å². The van der Waals surface area contributed by atoms with E-state index in [0.717, 1.165) is 12.1 Å². The van der Waals surface area contributed by atoms with Gasteiger partial charge in [0.1, 0.15) is 24.0 Å². The van der Waals surface area contributed by atoms with Crippen molar-refractivity contribution < 1.29 is 26.7 Å². The summed E-state index contributed by atoms with van der Waals surface area (Å²) in [5.74, 6) is -2.19. The molecule has 112 valence electrons. The molecule has 0 heterocycles. The van der Waals surface area contributed by atoms with E-state index in [1.54, 1.807) is 0 Å². The SMILES string of the molecule is Nc1ccc(COc2ccc(F)c(C(F)(F)F)c2)cc1F. The van der Waals surface area contributed by atoms with Crippen molar-refractivity contribution in [3.05, 3.63) is 59.2 Å². The number of benzene rings is 2. The number of anilines is 1. The lowest BCUT2D eigenvalue weighted by atomic mass is 10.2. The van der Waals surface area contributed by atoms with E-state index in [-0.39, 0.29) is 18.0 Å². The molecular weight excluding hydrogens is 293 g/mol. The molecule has 0 unspecified atom stereocenters. The van der Waals surface area contributed by atoms with Crippen LogP contribution in [0.2, 0.25) is 0 Å². The van der Waals surface area contributed by atoms with Crippen molar-refractivity contribution in [1.82, 2.24) is 0 Å². The number of alkyl halides is 3. The third-order valence-electron chi connectivity index (χ3n) is 2.71. The fraction of sp³-hybridized carbons (Fsp3) is 0.143. The van der Waals surface area contributed by atoms with Crippen molar-refractivity contribution in [3.8, 4) is 5.75 Å². The predicted molar refractivity (Wildman–Crippen MR) is 66.5 cm³/mol. The number of nitrogen functional groups attached to an aromatic ring is 1. The summed E-state index contributed by atoms with van der Waals surface area (Å²) in [5, 5.41) is 0. The molecule has 0 atom stereocenters. The summed E-state index contributed by atoms with van der Waals surface area (Å²) in [5.41, 5.74) is 4.23. The molecule has 2 N–H and O–H groups in total. The van der Waals surface area contributed by atoms with Gasteiger partial charge in [0.25, 0.3) is 0 Å². The Kier molecular flexibility index (Phi) is 4.02. The molecule has 0 aliphatic heterocycles. The van der Waals surface area contributed by atoms with Gasteiger partial charge in [0, 0.05) is 0 Å². The molecule has 2 rings (SSSR count). The van der Waals surface area contributed by atoms with Crippen LogP contribution >= 0.6 is 0 Å². The van der Waals surface area contributed by atoms with Crippen LogP contribution in [0.1, 0.15) is 11.1 Å². The van der Waals surface area contributed by atoms with Gasteiger partial charge in [0.15, 0.2) is 0 Å². The average molecular weight is 303 g/mol. The Morgan fingerprint density at radius 1 is 0.952 bits per heavy atom. The fourth-order valence-electron chi connectivity index (χ4n) is 1.64. The first-order valence-corrected chi connectivity index (χ1v) is 5.81. The molecule has 2 aromatic rings. The first kappa shape index (κ1) is 15.1. The smallest absolute Gasteiger partial charge is 0.419 e. The van der Waals surface area contributed by atoms with E-state index in [4.69, 9.17) is 10.5 Å². The first-order chi connectivity index (χ1) is 9.77. The van der Waals surface area contributed by atoms with Crippen molar-refractivity contribution in [2.75, 3.05) is 5.73 Å². The summed E-state index contributed by atoms with van der Waals surface area (Å²) >= 11 is 0. The van der Waals surface area contributed by atoms with Gasteiger partial charge in [-0.3, -0.25) is 0 Å². The average Bonchev–Trinajstić information content (AvgIpc) is 2.40. The molecule has 7 heteroatoms. The lowest BCUT2D eigenvalue weighted by molar-refractivity contribution is -0.140. The molecular formula is C14H10F5NO. The Labute approximate surface area is 116 Å². The molecule has 2 aromatic carbocycles. The fourth-order valence-corrected chi connectivity index (χ4v) is 1.64. The largest absolute Gasteiger partial charge is 0.489 e. The van der Waals surface area contributed by atoms with E-state index in [2.05, 4.69) is 0 Å². The lowest BCUT2D eigenvalue weighted by Crippen LogP contribution is -2.08. The van der Waals surface area contributed by atoms with E-state index in [1.807, 2.05) is 0 Å². The molecule has 2 nitrogen and oxygen atoms in total. The van der Waals surface area contributed by atoms with Crippen molar-refractivity contribution in [2.24, 2.45) is 0 Å².